The number of nitrogens with one attached hydrogen (secondary N) is 1. The van der Waals surface area contributed by atoms with Crippen LogP contribution in [-0.4, -0.2) is 41.1 Å². The van der Waals surface area contributed by atoms with Gasteiger partial charge in [-0.15, -0.1) is 0 Å². The van der Waals surface area contributed by atoms with Crippen LogP contribution < -0.4 is 5.32 Å². The molecular weight excluding hydrogens is 344 g/mol. The van der Waals surface area contributed by atoms with Crippen LogP contribution in [0, 0.1) is 13.8 Å². The van der Waals surface area contributed by atoms with E-state index in [0.29, 0.717) is 19.4 Å². The molecule has 0 aliphatic rings. The molecule has 0 saturated carbocycles. The molecule has 1 N–H and O–H groups in total. The Bertz CT molecular complexity index is 738. The summed E-state index contributed by atoms with van der Waals surface area (Å²) in [6.45, 7) is 5.39. The zero-order valence-corrected chi connectivity index (χ0v) is 17.1. The van der Waals surface area contributed by atoms with Crippen LogP contribution in [0.3, 0.4) is 0 Å². The van der Waals surface area contributed by atoms with E-state index in [2.05, 4.69) is 32.3 Å². The van der Waals surface area contributed by atoms with Gasteiger partial charge in [-0.3, -0.25) is 4.79 Å². The fraction of sp³-hybridized carbons (Fsp3) is 0.450. The zero-order chi connectivity index (χ0) is 19.1. The topological polar surface area (TPSA) is 58.1 Å². The van der Waals surface area contributed by atoms with E-state index in [1.807, 2.05) is 46.3 Å². The maximum absolute atomic E-state index is 12.3. The number of hydrogen-bond donors (Lipinski definition) is 1. The Kier molecular flexibility index (Phi) is 7.60. The minimum absolute atomic E-state index is 0.0531. The average molecular weight is 373 g/mol. The standard InChI is InChI=1S/C20H28N4OS/c1-14-18(15(2)23-20(22-14)26-5)10-11-19(25)21-12-16-8-6-7-9-17(16)13-24(3)4/h6-9H,10-13H2,1-5H3,(H,21,25). The molecule has 0 radical (unpaired) electrons. The monoisotopic (exact) mass is 372 g/mol. The lowest BCUT2D eigenvalue weighted by atomic mass is 10.1. The van der Waals surface area contributed by atoms with Gasteiger partial charge in [-0.05, 0) is 57.3 Å². The highest BCUT2D eigenvalue weighted by Crippen LogP contribution is 2.17. The lowest BCUT2D eigenvalue weighted by molar-refractivity contribution is -0.121. The van der Waals surface area contributed by atoms with Crippen molar-refractivity contribution in [1.82, 2.24) is 20.2 Å². The summed E-state index contributed by atoms with van der Waals surface area (Å²) in [5.41, 5.74) is 5.41. The molecule has 0 unspecified atom stereocenters. The van der Waals surface area contributed by atoms with Crippen molar-refractivity contribution in [3.63, 3.8) is 0 Å². The zero-order valence-electron chi connectivity index (χ0n) is 16.3. The van der Waals surface area contributed by atoms with Crippen molar-refractivity contribution in [3.05, 3.63) is 52.3 Å². The molecule has 6 heteroatoms. The Morgan fingerprint density at radius 2 is 1.73 bits per heavy atom. The first kappa shape index (κ1) is 20.4. The van der Waals surface area contributed by atoms with Gasteiger partial charge < -0.3 is 10.2 Å². The Morgan fingerprint density at radius 3 is 2.31 bits per heavy atom. The first-order valence-corrected chi connectivity index (χ1v) is 9.99. The summed E-state index contributed by atoms with van der Waals surface area (Å²) >= 11 is 1.54. The number of rotatable bonds is 8. The second-order valence-corrected chi connectivity index (χ2v) is 7.42. The molecule has 2 aromatic rings. The lowest BCUT2D eigenvalue weighted by Gasteiger charge is -2.15. The maximum atomic E-state index is 12.3. The van der Waals surface area contributed by atoms with Crippen molar-refractivity contribution >= 4 is 17.7 Å². The number of benzene rings is 1. The summed E-state index contributed by atoms with van der Waals surface area (Å²) in [5, 5.41) is 3.82. The number of nitrogens with zero attached hydrogens (tertiary/aromatic N) is 3. The molecule has 1 aromatic carbocycles. The van der Waals surface area contributed by atoms with Crippen LogP contribution in [0.1, 0.15) is 34.5 Å². The van der Waals surface area contributed by atoms with Gasteiger partial charge in [-0.2, -0.15) is 0 Å². The quantitative estimate of drug-likeness (QED) is 0.570. The van der Waals surface area contributed by atoms with Crippen LogP contribution in [-0.2, 0) is 24.3 Å². The van der Waals surface area contributed by atoms with Crippen molar-refractivity contribution in [2.24, 2.45) is 0 Å². The molecule has 0 fully saturated rings. The molecule has 0 atom stereocenters. The molecule has 1 heterocycles. The van der Waals surface area contributed by atoms with Crippen LogP contribution in [0.5, 0.6) is 0 Å². The summed E-state index contributed by atoms with van der Waals surface area (Å²) in [6.07, 6.45) is 3.08. The first-order chi connectivity index (χ1) is 12.4. The summed E-state index contributed by atoms with van der Waals surface area (Å²) in [6, 6.07) is 8.23. The number of amides is 1. The van der Waals surface area contributed by atoms with Gasteiger partial charge in [0.25, 0.3) is 0 Å². The Morgan fingerprint density at radius 1 is 1.12 bits per heavy atom. The lowest BCUT2D eigenvalue weighted by Crippen LogP contribution is -2.24. The number of aryl methyl sites for hydroxylation is 2. The normalized spacial score (nSPS) is 11.0. The fourth-order valence-electron chi connectivity index (χ4n) is 2.91. The van der Waals surface area contributed by atoms with Crippen molar-refractivity contribution < 1.29 is 4.79 Å². The molecule has 140 valence electrons. The van der Waals surface area contributed by atoms with E-state index in [1.165, 1.54) is 17.3 Å². The van der Waals surface area contributed by atoms with Gasteiger partial charge in [0.05, 0.1) is 0 Å². The maximum Gasteiger partial charge on any atom is 0.220 e. The van der Waals surface area contributed by atoms with Crippen LogP contribution in [0.4, 0.5) is 0 Å². The number of aromatic nitrogens is 2. The summed E-state index contributed by atoms with van der Waals surface area (Å²) < 4.78 is 0. The van der Waals surface area contributed by atoms with Gasteiger partial charge in [0.1, 0.15) is 0 Å². The van der Waals surface area contributed by atoms with E-state index in [9.17, 15) is 4.79 Å². The number of carbonyl (C=O) groups is 1. The Hall–Kier alpha value is -1.92. The summed E-state index contributed by atoms with van der Waals surface area (Å²) in [4.78, 5) is 23.4. The Labute approximate surface area is 160 Å². The van der Waals surface area contributed by atoms with E-state index < -0.39 is 0 Å². The largest absolute Gasteiger partial charge is 0.352 e. The summed E-state index contributed by atoms with van der Waals surface area (Å²) in [7, 11) is 4.09. The number of carbonyl (C=O) groups excluding carboxylic acids is 1. The third kappa shape index (κ3) is 5.81. The highest BCUT2D eigenvalue weighted by atomic mass is 32.2. The van der Waals surface area contributed by atoms with Gasteiger partial charge in [0, 0.05) is 30.9 Å². The van der Waals surface area contributed by atoms with Crippen LogP contribution >= 0.6 is 11.8 Å². The van der Waals surface area contributed by atoms with Gasteiger partial charge in [-0.1, -0.05) is 36.0 Å². The molecule has 5 nitrogen and oxygen atoms in total. The van der Waals surface area contributed by atoms with Crippen LogP contribution in [0.25, 0.3) is 0 Å². The van der Waals surface area contributed by atoms with Gasteiger partial charge in [-0.25, -0.2) is 9.97 Å². The Balaban J connectivity index is 1.93. The SMILES string of the molecule is CSc1nc(C)c(CCC(=O)NCc2ccccc2CN(C)C)c(C)n1. The molecule has 0 spiro atoms. The predicted octanol–water partition coefficient (Wildman–Crippen LogP) is 3.13. The van der Waals surface area contributed by atoms with Crippen molar-refractivity contribution in [1.29, 1.82) is 0 Å². The van der Waals surface area contributed by atoms with E-state index in [0.717, 1.165) is 34.2 Å². The van der Waals surface area contributed by atoms with E-state index in [-0.39, 0.29) is 5.91 Å². The first-order valence-electron chi connectivity index (χ1n) is 8.77. The van der Waals surface area contributed by atoms with E-state index >= 15 is 0 Å². The van der Waals surface area contributed by atoms with Gasteiger partial charge in [0.15, 0.2) is 5.16 Å². The van der Waals surface area contributed by atoms with Crippen molar-refractivity contribution in [2.45, 2.75) is 44.9 Å². The fourth-order valence-corrected chi connectivity index (χ4v) is 3.36. The molecule has 2 rings (SSSR count). The molecule has 1 aromatic heterocycles. The average Bonchev–Trinajstić information content (AvgIpc) is 2.59. The second kappa shape index (κ2) is 9.69. The molecule has 1 amide bonds. The number of thioether (sulfide) groups is 1. The van der Waals surface area contributed by atoms with Crippen LogP contribution in [0.15, 0.2) is 29.4 Å². The molecule has 0 saturated heterocycles. The minimum atomic E-state index is 0.0531. The molecular formula is C20H28N4OS. The highest BCUT2D eigenvalue weighted by molar-refractivity contribution is 7.98. The molecule has 0 aliphatic carbocycles. The van der Waals surface area contributed by atoms with Gasteiger partial charge in [0.2, 0.25) is 5.91 Å². The minimum Gasteiger partial charge on any atom is -0.352 e. The molecule has 26 heavy (non-hydrogen) atoms. The van der Waals surface area contributed by atoms with E-state index in [1.54, 1.807) is 0 Å². The summed E-state index contributed by atoms with van der Waals surface area (Å²) in [5.74, 6) is 0.0531. The predicted molar refractivity (Wildman–Crippen MR) is 107 cm³/mol. The third-order valence-electron chi connectivity index (χ3n) is 4.27. The van der Waals surface area contributed by atoms with E-state index in [4.69, 9.17) is 0 Å². The van der Waals surface area contributed by atoms with Crippen molar-refractivity contribution in [3.8, 4) is 0 Å². The third-order valence-corrected chi connectivity index (χ3v) is 4.81. The highest BCUT2D eigenvalue weighted by Gasteiger charge is 2.11. The van der Waals surface area contributed by atoms with Gasteiger partial charge >= 0.3 is 0 Å². The molecule has 0 bridgehead atoms. The number of hydrogen-bond acceptors (Lipinski definition) is 5. The smallest absolute Gasteiger partial charge is 0.220 e. The molecule has 0 aliphatic heterocycles. The van der Waals surface area contributed by atoms with Crippen molar-refractivity contribution in [2.75, 3.05) is 20.4 Å². The van der Waals surface area contributed by atoms with Crippen LogP contribution in [0.2, 0.25) is 0 Å². The second-order valence-electron chi connectivity index (χ2n) is 6.64.